The Morgan fingerprint density at radius 2 is 1.96 bits per heavy atom. The van der Waals surface area contributed by atoms with Crippen molar-refractivity contribution in [1.82, 2.24) is 9.71 Å². The summed E-state index contributed by atoms with van der Waals surface area (Å²) in [6.07, 6.45) is 4.08. The van der Waals surface area contributed by atoms with Gasteiger partial charge in [-0.15, -0.1) is 0 Å². The van der Waals surface area contributed by atoms with E-state index in [9.17, 15) is 13.2 Å². The number of aryl methyl sites for hydroxylation is 1. The van der Waals surface area contributed by atoms with Crippen LogP contribution in [0.4, 0.5) is 5.69 Å². The monoisotopic (exact) mass is 379 g/mol. The van der Waals surface area contributed by atoms with Crippen molar-refractivity contribution in [1.29, 1.82) is 0 Å². The molecule has 8 heteroatoms. The average molecular weight is 380 g/mol. The lowest BCUT2D eigenvalue weighted by molar-refractivity contribution is -0.114. The Balaban J connectivity index is 2.18. The number of carbonyl (C=O) groups is 1. The van der Waals surface area contributed by atoms with Gasteiger partial charge >= 0.3 is 0 Å². The number of sulfonamides is 1. The molecule has 2 rings (SSSR count). The van der Waals surface area contributed by atoms with Gasteiger partial charge in [0.05, 0.1) is 4.90 Å². The highest BCUT2D eigenvalue weighted by Crippen LogP contribution is 2.22. The molecule has 0 radical (unpaired) electrons. The summed E-state index contributed by atoms with van der Waals surface area (Å²) in [5.74, 6) is -0.750. The largest absolute Gasteiger partial charge is 0.377 e. The lowest BCUT2D eigenvalue weighted by atomic mass is 10.2. The maximum atomic E-state index is 12.4. The molecule has 0 saturated carbocycles. The van der Waals surface area contributed by atoms with Crippen molar-refractivity contribution in [2.24, 2.45) is 0 Å². The topological polar surface area (TPSA) is 79.4 Å². The summed E-state index contributed by atoms with van der Waals surface area (Å²) in [4.78, 5) is 17.6. The lowest BCUT2D eigenvalue weighted by Gasteiger charge is -2.16. The van der Waals surface area contributed by atoms with Gasteiger partial charge in [0.2, 0.25) is 0 Å². The van der Waals surface area contributed by atoms with Crippen LogP contribution in [0.2, 0.25) is 5.15 Å². The van der Waals surface area contributed by atoms with Crippen LogP contribution in [0.1, 0.15) is 11.1 Å². The number of hydrogen-bond acceptors (Lipinski definition) is 5. The van der Waals surface area contributed by atoms with Crippen LogP contribution in [0.25, 0.3) is 6.08 Å². The third kappa shape index (κ3) is 5.04. The molecule has 1 aromatic carbocycles. The zero-order valence-electron chi connectivity index (χ0n) is 14.0. The number of nitrogens with zero attached hydrogens (tertiary/aromatic N) is 2. The first-order chi connectivity index (χ1) is 11.7. The number of aromatic nitrogens is 1. The van der Waals surface area contributed by atoms with E-state index in [0.29, 0.717) is 5.56 Å². The molecule has 1 heterocycles. The van der Waals surface area contributed by atoms with Crippen molar-refractivity contribution in [3.05, 3.63) is 58.9 Å². The predicted octanol–water partition coefficient (Wildman–Crippen LogP) is 2.63. The van der Waals surface area contributed by atoms with Crippen LogP contribution in [0.3, 0.4) is 0 Å². The van der Waals surface area contributed by atoms with Crippen LogP contribution < -0.4 is 9.62 Å². The number of halogens is 1. The number of nitrogens with one attached hydrogen (secondary N) is 1. The Kier molecular flexibility index (Phi) is 5.81. The first-order valence-electron chi connectivity index (χ1n) is 7.33. The fraction of sp³-hybridized carbons (Fsp3) is 0.176. The van der Waals surface area contributed by atoms with Gasteiger partial charge in [0.25, 0.3) is 15.9 Å². The van der Waals surface area contributed by atoms with E-state index in [1.165, 1.54) is 24.4 Å². The van der Waals surface area contributed by atoms with Crippen molar-refractivity contribution in [3.8, 4) is 0 Å². The Bertz CT molecular complexity index is 924. The summed E-state index contributed by atoms with van der Waals surface area (Å²) in [5, 5.41) is 0.283. The molecule has 2 aromatic rings. The Hall–Kier alpha value is -2.38. The molecule has 1 amide bonds. The highest BCUT2D eigenvalue weighted by molar-refractivity contribution is 7.90. The fourth-order valence-corrected chi connectivity index (χ4v) is 3.30. The molecule has 0 spiro atoms. The van der Waals surface area contributed by atoms with E-state index in [4.69, 9.17) is 11.6 Å². The van der Waals surface area contributed by atoms with Gasteiger partial charge in [-0.2, -0.15) is 0 Å². The molecule has 0 unspecified atom stereocenters. The van der Waals surface area contributed by atoms with Crippen molar-refractivity contribution in [3.63, 3.8) is 0 Å². The van der Waals surface area contributed by atoms with Gasteiger partial charge < -0.3 is 4.90 Å². The van der Waals surface area contributed by atoms with Crippen molar-refractivity contribution in [2.45, 2.75) is 11.8 Å². The van der Waals surface area contributed by atoms with Gasteiger partial charge in [-0.1, -0.05) is 17.7 Å². The van der Waals surface area contributed by atoms with Crippen LogP contribution in [0.15, 0.2) is 47.5 Å². The van der Waals surface area contributed by atoms with Gasteiger partial charge in [0.1, 0.15) is 5.15 Å². The molecule has 0 fully saturated rings. The molecule has 0 aliphatic rings. The maximum absolute atomic E-state index is 12.4. The van der Waals surface area contributed by atoms with Crippen LogP contribution in [0.5, 0.6) is 0 Å². The smallest absolute Gasteiger partial charge is 0.264 e. The lowest BCUT2D eigenvalue weighted by Crippen LogP contribution is -2.29. The van der Waals surface area contributed by atoms with E-state index < -0.39 is 15.9 Å². The molecular formula is C17H18ClN3O3S. The normalized spacial score (nSPS) is 11.5. The highest BCUT2D eigenvalue weighted by atomic mass is 35.5. The fourth-order valence-electron chi connectivity index (χ4n) is 2.16. The number of carbonyl (C=O) groups excluding carboxylic acids is 1. The summed E-state index contributed by atoms with van der Waals surface area (Å²) >= 11 is 5.75. The molecule has 1 N–H and O–H groups in total. The molecule has 0 aliphatic carbocycles. The average Bonchev–Trinajstić information content (AvgIpc) is 2.52. The predicted molar refractivity (Wildman–Crippen MR) is 99.1 cm³/mol. The van der Waals surface area contributed by atoms with Crippen LogP contribution in [0, 0.1) is 6.92 Å². The van der Waals surface area contributed by atoms with E-state index >= 15 is 0 Å². The van der Waals surface area contributed by atoms with Crippen molar-refractivity contribution < 1.29 is 13.2 Å². The summed E-state index contributed by atoms with van der Waals surface area (Å²) in [7, 11) is -0.322. The summed E-state index contributed by atoms with van der Waals surface area (Å²) in [6.45, 7) is 1.88. The first-order valence-corrected chi connectivity index (χ1v) is 9.19. The van der Waals surface area contributed by atoms with Gasteiger partial charge in [0.15, 0.2) is 0 Å². The Morgan fingerprint density at radius 1 is 1.24 bits per heavy atom. The SMILES string of the molecule is Cc1ccc(S(=O)(=O)NC(=O)/C=C/c2ccnc(Cl)c2)cc1N(C)C. The number of rotatable bonds is 5. The molecule has 0 atom stereocenters. The first kappa shape index (κ1) is 19.0. The summed E-state index contributed by atoms with van der Waals surface area (Å²) in [5.41, 5.74) is 2.33. The van der Waals surface area contributed by atoms with Crippen LogP contribution >= 0.6 is 11.6 Å². The highest BCUT2D eigenvalue weighted by Gasteiger charge is 2.18. The van der Waals surface area contributed by atoms with Gasteiger partial charge in [-0.05, 0) is 48.4 Å². The van der Waals surface area contributed by atoms with E-state index in [1.807, 2.05) is 30.6 Å². The Morgan fingerprint density at radius 3 is 2.60 bits per heavy atom. The second kappa shape index (κ2) is 7.67. The molecular weight excluding hydrogens is 362 g/mol. The quantitative estimate of drug-likeness (QED) is 0.638. The molecule has 0 saturated heterocycles. The number of benzene rings is 1. The van der Waals surface area contributed by atoms with Crippen molar-refractivity contribution in [2.75, 3.05) is 19.0 Å². The van der Waals surface area contributed by atoms with Crippen molar-refractivity contribution >= 4 is 39.3 Å². The Labute approximate surface area is 152 Å². The number of pyridine rings is 1. The molecule has 1 aromatic heterocycles. The van der Waals surface area contributed by atoms with Gasteiger partial charge in [-0.3, -0.25) is 4.79 Å². The molecule has 0 aliphatic heterocycles. The zero-order chi connectivity index (χ0) is 18.6. The summed E-state index contributed by atoms with van der Waals surface area (Å²) < 4.78 is 26.8. The molecule has 25 heavy (non-hydrogen) atoms. The minimum Gasteiger partial charge on any atom is -0.377 e. The van der Waals surface area contributed by atoms with E-state index in [1.54, 1.807) is 18.2 Å². The molecule has 132 valence electrons. The van der Waals surface area contributed by atoms with E-state index in [-0.39, 0.29) is 10.0 Å². The third-order valence-electron chi connectivity index (χ3n) is 3.39. The zero-order valence-corrected chi connectivity index (χ0v) is 15.6. The second-order valence-electron chi connectivity index (χ2n) is 5.56. The minimum atomic E-state index is -3.96. The third-order valence-corrected chi connectivity index (χ3v) is 4.94. The van der Waals surface area contributed by atoms with Crippen LogP contribution in [-0.4, -0.2) is 33.4 Å². The molecule has 6 nitrogen and oxygen atoms in total. The standard InChI is InChI=1S/C17H18ClN3O3S/c1-12-4-6-14(11-15(12)21(2)3)25(23,24)20-17(22)7-5-13-8-9-19-16(18)10-13/h4-11H,1-3H3,(H,20,22)/b7-5+. The van der Waals surface area contributed by atoms with E-state index in [2.05, 4.69) is 4.98 Å². The molecule has 0 bridgehead atoms. The number of hydrogen-bond donors (Lipinski definition) is 1. The van der Waals surface area contributed by atoms with E-state index in [0.717, 1.165) is 17.3 Å². The van der Waals surface area contributed by atoms with Gasteiger partial charge in [-0.25, -0.2) is 18.1 Å². The minimum absolute atomic E-state index is 0.0236. The maximum Gasteiger partial charge on any atom is 0.264 e. The number of amides is 1. The second-order valence-corrected chi connectivity index (χ2v) is 7.63. The van der Waals surface area contributed by atoms with Gasteiger partial charge in [0, 0.05) is 32.1 Å². The number of anilines is 1. The van der Waals surface area contributed by atoms with Crippen LogP contribution in [-0.2, 0) is 14.8 Å². The summed E-state index contributed by atoms with van der Waals surface area (Å²) in [6, 6.07) is 7.89.